The van der Waals surface area contributed by atoms with Crippen molar-refractivity contribution in [1.82, 2.24) is 21.3 Å². The Morgan fingerprint density at radius 3 is 2.76 bits per heavy atom. The highest BCUT2D eigenvalue weighted by Gasteiger charge is 2.48. The molecule has 0 amide bonds. The van der Waals surface area contributed by atoms with Gasteiger partial charge in [0.25, 0.3) is 0 Å². The Bertz CT molecular complexity index is 366. The largest absolute Gasteiger partial charge is 0.299 e. The van der Waals surface area contributed by atoms with E-state index < -0.39 is 0 Å². The first-order valence-corrected chi connectivity index (χ1v) is 9.86. The fraction of sp³-hybridized carbons (Fsp3) is 1.00. The average molecular weight is 357 g/mol. The molecule has 2 heterocycles. The van der Waals surface area contributed by atoms with Crippen molar-refractivity contribution in [1.29, 1.82) is 0 Å². The molecule has 4 fully saturated rings. The Labute approximate surface area is 136 Å². The van der Waals surface area contributed by atoms with Crippen LogP contribution < -0.4 is 21.3 Å². The topological polar surface area (TPSA) is 48.1 Å². The third kappa shape index (κ3) is 3.05. The van der Waals surface area contributed by atoms with Crippen molar-refractivity contribution in [3.63, 3.8) is 0 Å². The lowest BCUT2D eigenvalue weighted by Gasteiger charge is -2.42. The molecule has 2 aliphatic heterocycles. The molecule has 5 heteroatoms. The number of alkyl halides is 1. The molecule has 7 atom stereocenters. The van der Waals surface area contributed by atoms with Gasteiger partial charge in [-0.1, -0.05) is 35.2 Å². The van der Waals surface area contributed by atoms with Crippen LogP contribution in [0.25, 0.3) is 0 Å². The lowest BCUT2D eigenvalue weighted by Crippen LogP contribution is -2.65. The summed E-state index contributed by atoms with van der Waals surface area (Å²) in [5.74, 6) is 1.56. The van der Waals surface area contributed by atoms with Gasteiger partial charge in [0.05, 0.1) is 12.3 Å². The number of fused-ring (bicyclic) bond motifs is 3. The maximum atomic E-state index is 3.97. The molecule has 0 aromatic heterocycles. The molecule has 0 aromatic carbocycles. The molecule has 4 aliphatic rings. The Kier molecular flexibility index (Phi) is 4.56. The van der Waals surface area contributed by atoms with Crippen molar-refractivity contribution in [3.8, 4) is 0 Å². The molecule has 0 spiro atoms. The minimum Gasteiger partial charge on any atom is -0.299 e. The summed E-state index contributed by atoms with van der Waals surface area (Å²) in [6.07, 6.45) is 11.9. The van der Waals surface area contributed by atoms with E-state index in [9.17, 15) is 0 Å². The molecule has 2 saturated heterocycles. The van der Waals surface area contributed by atoms with Crippen LogP contribution in [0.15, 0.2) is 0 Å². The number of hydrogen-bond donors (Lipinski definition) is 4. The van der Waals surface area contributed by atoms with Crippen LogP contribution in [-0.4, -0.2) is 35.9 Å². The second-order valence-corrected chi connectivity index (χ2v) is 8.76. The van der Waals surface area contributed by atoms with E-state index in [0.29, 0.717) is 29.1 Å². The Morgan fingerprint density at radius 2 is 1.86 bits per heavy atom. The quantitative estimate of drug-likeness (QED) is 0.570. The minimum absolute atomic E-state index is 0.486. The first kappa shape index (κ1) is 14.9. The third-order valence-corrected chi connectivity index (χ3v) is 6.98. The zero-order valence-corrected chi connectivity index (χ0v) is 14.4. The fourth-order valence-corrected chi connectivity index (χ4v) is 5.95. The highest BCUT2D eigenvalue weighted by molar-refractivity contribution is 9.09. The number of hydrogen-bond acceptors (Lipinski definition) is 4. The van der Waals surface area contributed by atoms with Crippen molar-refractivity contribution in [2.45, 2.75) is 80.6 Å². The smallest absolute Gasteiger partial charge is 0.0644 e. The van der Waals surface area contributed by atoms with E-state index in [-0.39, 0.29) is 0 Å². The molecule has 120 valence electrons. The molecule has 0 aromatic rings. The third-order valence-electron chi connectivity index (χ3n) is 6.15. The van der Waals surface area contributed by atoms with Crippen LogP contribution in [-0.2, 0) is 0 Å². The molecule has 0 bridgehead atoms. The lowest BCUT2D eigenvalue weighted by atomic mass is 9.77. The zero-order chi connectivity index (χ0) is 14.2. The van der Waals surface area contributed by atoms with Gasteiger partial charge in [0.2, 0.25) is 0 Å². The first-order valence-electron chi connectivity index (χ1n) is 8.94. The van der Waals surface area contributed by atoms with E-state index in [2.05, 4.69) is 37.2 Å². The molecule has 21 heavy (non-hydrogen) atoms. The van der Waals surface area contributed by atoms with Gasteiger partial charge in [-0.3, -0.25) is 21.3 Å². The number of nitrogens with one attached hydrogen (secondary N) is 4. The number of rotatable bonds is 2. The van der Waals surface area contributed by atoms with Gasteiger partial charge in [-0.05, 0) is 38.0 Å². The van der Waals surface area contributed by atoms with Crippen LogP contribution in [0.1, 0.15) is 51.4 Å². The molecule has 4 nitrogen and oxygen atoms in total. The van der Waals surface area contributed by atoms with Crippen molar-refractivity contribution < 1.29 is 0 Å². The number of halogens is 1. The van der Waals surface area contributed by atoms with E-state index >= 15 is 0 Å². The van der Waals surface area contributed by atoms with Crippen LogP contribution in [0.4, 0.5) is 0 Å². The highest BCUT2D eigenvalue weighted by Crippen LogP contribution is 2.39. The Morgan fingerprint density at radius 1 is 0.952 bits per heavy atom. The minimum atomic E-state index is 0.486. The maximum Gasteiger partial charge on any atom is 0.0644 e. The first-order chi connectivity index (χ1) is 10.3. The molecule has 4 rings (SSSR count). The van der Waals surface area contributed by atoms with Gasteiger partial charge in [-0.25, -0.2) is 0 Å². The van der Waals surface area contributed by atoms with Crippen LogP contribution in [0, 0.1) is 11.8 Å². The van der Waals surface area contributed by atoms with Crippen LogP contribution in [0.2, 0.25) is 0 Å². The predicted octanol–water partition coefficient (Wildman–Crippen LogP) is 1.86. The molecular weight excluding hydrogens is 328 g/mol. The Balaban J connectivity index is 1.44. The zero-order valence-electron chi connectivity index (χ0n) is 12.8. The van der Waals surface area contributed by atoms with Gasteiger partial charge in [0.1, 0.15) is 0 Å². The monoisotopic (exact) mass is 356 g/mol. The van der Waals surface area contributed by atoms with Crippen molar-refractivity contribution in [3.05, 3.63) is 0 Å². The normalized spacial score (nSPS) is 50.4. The van der Waals surface area contributed by atoms with Gasteiger partial charge in [0.15, 0.2) is 0 Å². The van der Waals surface area contributed by atoms with Gasteiger partial charge in [0, 0.05) is 29.5 Å². The summed E-state index contributed by atoms with van der Waals surface area (Å²) in [5, 5.41) is 15.2. The molecule has 2 saturated carbocycles. The standard InChI is InChI=1S/C16H29BrN4/c17-10-4-3-5-11(8-10)20-15-14-12-6-1-2-7-13(12)21-16(14)19-9-18-15/h10-16,18-21H,1-9H2. The molecule has 7 unspecified atom stereocenters. The second kappa shape index (κ2) is 6.44. The summed E-state index contributed by atoms with van der Waals surface area (Å²) in [6, 6.07) is 1.43. The Hall–Kier alpha value is 0.320. The van der Waals surface area contributed by atoms with Gasteiger partial charge in [-0.2, -0.15) is 0 Å². The fourth-order valence-electron chi connectivity index (χ4n) is 5.17. The maximum absolute atomic E-state index is 3.97. The molecule has 0 radical (unpaired) electrons. The van der Waals surface area contributed by atoms with Crippen molar-refractivity contribution in [2.75, 3.05) is 6.67 Å². The van der Waals surface area contributed by atoms with E-state index in [4.69, 9.17) is 0 Å². The van der Waals surface area contributed by atoms with Crippen molar-refractivity contribution >= 4 is 15.9 Å². The highest BCUT2D eigenvalue weighted by atomic mass is 79.9. The van der Waals surface area contributed by atoms with Crippen LogP contribution in [0.3, 0.4) is 0 Å². The summed E-state index contributed by atoms with van der Waals surface area (Å²) < 4.78 is 0. The summed E-state index contributed by atoms with van der Waals surface area (Å²) in [6.45, 7) is 0.926. The van der Waals surface area contributed by atoms with Gasteiger partial charge < -0.3 is 0 Å². The molecular formula is C16H29BrN4. The lowest BCUT2D eigenvalue weighted by molar-refractivity contribution is 0.130. The van der Waals surface area contributed by atoms with Crippen molar-refractivity contribution in [2.24, 2.45) is 11.8 Å². The van der Waals surface area contributed by atoms with Crippen LogP contribution >= 0.6 is 15.9 Å². The summed E-state index contributed by atoms with van der Waals surface area (Å²) in [7, 11) is 0. The van der Waals surface area contributed by atoms with E-state index in [0.717, 1.165) is 18.6 Å². The van der Waals surface area contributed by atoms with Gasteiger partial charge >= 0.3 is 0 Å². The van der Waals surface area contributed by atoms with Crippen LogP contribution in [0.5, 0.6) is 0 Å². The summed E-state index contributed by atoms with van der Waals surface area (Å²) in [4.78, 5) is 0.713. The van der Waals surface area contributed by atoms with E-state index in [1.165, 1.54) is 51.4 Å². The second-order valence-electron chi connectivity index (χ2n) is 7.47. The average Bonchev–Trinajstić information content (AvgIpc) is 2.87. The van der Waals surface area contributed by atoms with Gasteiger partial charge in [-0.15, -0.1) is 0 Å². The SMILES string of the molecule is BrC1CCCC(NC2NCNC3NC4CCCCC4C23)C1. The molecule has 2 aliphatic carbocycles. The molecule has 4 N–H and O–H groups in total. The van der Waals surface area contributed by atoms with E-state index in [1.54, 1.807) is 0 Å². The summed E-state index contributed by atoms with van der Waals surface area (Å²) >= 11 is 3.82. The predicted molar refractivity (Wildman–Crippen MR) is 89.2 cm³/mol. The summed E-state index contributed by atoms with van der Waals surface area (Å²) in [5.41, 5.74) is 0. The van der Waals surface area contributed by atoms with E-state index in [1.807, 2.05) is 0 Å².